The quantitative estimate of drug-likeness (QED) is 0.537. The Kier molecular flexibility index (Phi) is 4.08. The summed E-state index contributed by atoms with van der Waals surface area (Å²) < 4.78 is 0. The summed E-state index contributed by atoms with van der Waals surface area (Å²) in [7, 11) is 0. The number of hydrogen-bond acceptors (Lipinski definition) is 6. The van der Waals surface area contributed by atoms with Gasteiger partial charge < -0.3 is 15.8 Å². The Balaban J connectivity index is 1.48. The maximum Gasteiger partial charge on any atom is 0.152 e. The Morgan fingerprint density at radius 2 is 1.92 bits per heavy atom. The van der Waals surface area contributed by atoms with Crippen molar-refractivity contribution in [2.24, 2.45) is 0 Å². The predicted octanol–water partition coefficient (Wildman–Crippen LogP) is 1.88. The lowest BCUT2D eigenvalue weighted by atomic mass is 10.1. The first-order chi connectivity index (χ1) is 11.8. The minimum Gasteiger partial charge on any atom is -0.373 e. The third kappa shape index (κ3) is 2.94. The zero-order valence-corrected chi connectivity index (χ0v) is 13.2. The molecule has 4 N–H and O–H groups in total. The van der Waals surface area contributed by atoms with Gasteiger partial charge in [-0.15, -0.1) is 0 Å². The number of benzene rings is 2. The van der Waals surface area contributed by atoms with Crippen LogP contribution in [-0.2, 0) is 13.0 Å². The molecular formula is C18H19N5O. The van der Waals surface area contributed by atoms with Crippen molar-refractivity contribution in [3.8, 4) is 0 Å². The maximum absolute atomic E-state index is 9.98. The second-order valence-corrected chi connectivity index (χ2v) is 5.81. The van der Waals surface area contributed by atoms with Crippen LogP contribution in [0.2, 0.25) is 0 Å². The average molecular weight is 321 g/mol. The van der Waals surface area contributed by atoms with Crippen LogP contribution in [0.25, 0.3) is 10.9 Å². The van der Waals surface area contributed by atoms with E-state index in [9.17, 15) is 5.11 Å². The molecule has 0 saturated heterocycles. The molecule has 0 bridgehead atoms. The molecule has 4 rings (SSSR count). The smallest absolute Gasteiger partial charge is 0.152 e. The van der Waals surface area contributed by atoms with Gasteiger partial charge in [-0.1, -0.05) is 42.5 Å². The molecule has 6 nitrogen and oxygen atoms in total. The van der Waals surface area contributed by atoms with Gasteiger partial charge in [-0.25, -0.2) is 15.4 Å². The molecule has 2 heterocycles. The predicted molar refractivity (Wildman–Crippen MR) is 93.1 cm³/mol. The second kappa shape index (κ2) is 6.52. The van der Waals surface area contributed by atoms with Gasteiger partial charge in [0.15, 0.2) is 5.82 Å². The van der Waals surface area contributed by atoms with Crippen molar-refractivity contribution in [3.63, 3.8) is 0 Å². The number of hydrazine groups is 1. The number of rotatable bonds is 5. The Bertz CT molecular complexity index is 853. The summed E-state index contributed by atoms with van der Waals surface area (Å²) in [5.41, 5.74) is 8.71. The van der Waals surface area contributed by atoms with Gasteiger partial charge in [-0.05, 0) is 24.6 Å². The van der Waals surface area contributed by atoms with Gasteiger partial charge in [0.05, 0.1) is 17.4 Å². The van der Waals surface area contributed by atoms with Crippen molar-refractivity contribution in [2.45, 2.75) is 19.2 Å². The Morgan fingerprint density at radius 3 is 2.79 bits per heavy atom. The summed E-state index contributed by atoms with van der Waals surface area (Å²) in [6.45, 7) is 1.47. The Hall–Kier alpha value is -2.54. The largest absolute Gasteiger partial charge is 0.373 e. The molecule has 2 aromatic carbocycles. The molecule has 0 saturated carbocycles. The van der Waals surface area contributed by atoms with Crippen LogP contribution in [0.4, 0.5) is 5.82 Å². The zero-order chi connectivity index (χ0) is 16.4. The van der Waals surface area contributed by atoms with Gasteiger partial charge in [0.25, 0.3) is 0 Å². The van der Waals surface area contributed by atoms with Crippen LogP contribution in [0.5, 0.6) is 0 Å². The first kappa shape index (κ1) is 15.0. The van der Waals surface area contributed by atoms with Crippen molar-refractivity contribution in [1.29, 1.82) is 0 Å². The number of nitrogens with one attached hydrogen (secondary N) is 3. The van der Waals surface area contributed by atoms with Gasteiger partial charge in [-0.2, -0.15) is 0 Å². The fourth-order valence-corrected chi connectivity index (χ4v) is 2.95. The van der Waals surface area contributed by atoms with Crippen molar-refractivity contribution < 1.29 is 5.11 Å². The molecule has 122 valence electrons. The maximum atomic E-state index is 9.98. The van der Waals surface area contributed by atoms with E-state index in [1.165, 1.54) is 5.56 Å². The molecule has 3 aromatic rings. The summed E-state index contributed by atoms with van der Waals surface area (Å²) in [4.78, 5) is 9.16. The van der Waals surface area contributed by atoms with E-state index in [-0.39, 0.29) is 0 Å². The van der Waals surface area contributed by atoms with Crippen molar-refractivity contribution in [1.82, 2.24) is 20.7 Å². The van der Waals surface area contributed by atoms with E-state index in [0.29, 0.717) is 12.4 Å². The van der Waals surface area contributed by atoms with Crippen molar-refractivity contribution in [3.05, 3.63) is 65.5 Å². The van der Waals surface area contributed by atoms with Gasteiger partial charge in [0.1, 0.15) is 12.1 Å². The van der Waals surface area contributed by atoms with Gasteiger partial charge >= 0.3 is 0 Å². The van der Waals surface area contributed by atoms with Crippen LogP contribution in [0.15, 0.2) is 48.5 Å². The summed E-state index contributed by atoms with van der Waals surface area (Å²) in [6, 6.07) is 16.1. The third-order valence-electron chi connectivity index (χ3n) is 4.14. The first-order valence-corrected chi connectivity index (χ1v) is 8.05. The molecule has 24 heavy (non-hydrogen) atoms. The molecule has 1 aliphatic rings. The topological polar surface area (TPSA) is 82.1 Å². The molecule has 0 fully saturated rings. The fraction of sp³-hybridized carbons (Fsp3) is 0.222. The number of aliphatic hydroxyl groups excluding tert-OH is 1. The number of anilines is 1. The summed E-state index contributed by atoms with van der Waals surface area (Å²) in [5.74, 6) is 1.44. The highest BCUT2D eigenvalue weighted by Crippen LogP contribution is 2.30. The highest BCUT2D eigenvalue weighted by Gasteiger charge is 2.21. The zero-order valence-electron chi connectivity index (χ0n) is 13.2. The van der Waals surface area contributed by atoms with Crippen LogP contribution >= 0.6 is 0 Å². The lowest BCUT2D eigenvalue weighted by Gasteiger charge is -2.23. The highest BCUT2D eigenvalue weighted by molar-refractivity contribution is 5.93. The number of aromatic nitrogens is 2. The molecule has 0 spiro atoms. The van der Waals surface area contributed by atoms with Crippen LogP contribution in [0.3, 0.4) is 0 Å². The molecule has 0 aliphatic carbocycles. The van der Waals surface area contributed by atoms with Gasteiger partial charge in [-0.3, -0.25) is 0 Å². The minimum absolute atomic E-state index is 0.601. The first-order valence-electron chi connectivity index (χ1n) is 8.05. The van der Waals surface area contributed by atoms with E-state index in [2.05, 4.69) is 50.4 Å². The van der Waals surface area contributed by atoms with Gasteiger partial charge in [0.2, 0.25) is 0 Å². The molecule has 1 aliphatic heterocycles. The highest BCUT2D eigenvalue weighted by atomic mass is 16.3. The van der Waals surface area contributed by atoms with Crippen LogP contribution in [0, 0.1) is 0 Å². The molecule has 0 radical (unpaired) electrons. The summed E-state index contributed by atoms with van der Waals surface area (Å²) >= 11 is 0. The van der Waals surface area contributed by atoms with E-state index in [4.69, 9.17) is 0 Å². The van der Waals surface area contributed by atoms with Crippen LogP contribution < -0.4 is 16.2 Å². The van der Waals surface area contributed by atoms with E-state index in [0.717, 1.165) is 35.3 Å². The molecule has 6 heteroatoms. The minimum atomic E-state index is -0.750. The SMILES string of the molecule is OC1NNc2nc(CNCCc3ccccc3)nc3cccc1c23. The normalized spacial score (nSPS) is 16.1. The average Bonchev–Trinajstić information content (AvgIpc) is 2.63. The summed E-state index contributed by atoms with van der Waals surface area (Å²) in [6.07, 6.45) is 0.219. The fourth-order valence-electron chi connectivity index (χ4n) is 2.95. The van der Waals surface area contributed by atoms with E-state index in [1.807, 2.05) is 24.3 Å². The van der Waals surface area contributed by atoms with E-state index >= 15 is 0 Å². The Morgan fingerprint density at radius 1 is 1.04 bits per heavy atom. The molecule has 1 unspecified atom stereocenters. The van der Waals surface area contributed by atoms with Crippen LogP contribution in [-0.4, -0.2) is 21.6 Å². The van der Waals surface area contributed by atoms with E-state index < -0.39 is 6.23 Å². The standard InChI is InChI=1S/C18H19N5O/c24-18-13-7-4-8-14-16(13)17(22-23-18)21-15(20-14)11-19-10-9-12-5-2-1-3-6-12/h1-8,18-19,23-24H,9-11H2,(H,20,21,22). The third-order valence-corrected chi connectivity index (χ3v) is 4.14. The van der Waals surface area contributed by atoms with Crippen molar-refractivity contribution >= 4 is 16.7 Å². The van der Waals surface area contributed by atoms with Crippen LogP contribution in [0.1, 0.15) is 23.2 Å². The second-order valence-electron chi connectivity index (χ2n) is 5.81. The molecule has 1 atom stereocenters. The number of nitrogens with zero attached hydrogens (tertiary/aromatic N) is 2. The molecule has 1 aromatic heterocycles. The van der Waals surface area contributed by atoms with Crippen molar-refractivity contribution in [2.75, 3.05) is 12.0 Å². The Labute approximate surface area is 139 Å². The lowest BCUT2D eigenvalue weighted by Crippen LogP contribution is -2.32. The van der Waals surface area contributed by atoms with Gasteiger partial charge in [0, 0.05) is 5.56 Å². The number of hydrogen-bond donors (Lipinski definition) is 4. The summed E-state index contributed by atoms with van der Waals surface area (Å²) in [5, 5.41) is 14.2. The molecule has 0 amide bonds. The number of aliphatic hydroxyl groups is 1. The molecular weight excluding hydrogens is 302 g/mol. The monoisotopic (exact) mass is 321 g/mol. The van der Waals surface area contributed by atoms with E-state index in [1.54, 1.807) is 0 Å². The lowest BCUT2D eigenvalue weighted by molar-refractivity contribution is 0.148.